The largest absolute Gasteiger partial charge is 0.0931 e. The highest BCUT2D eigenvalue weighted by atomic mass is 79.9. The molecule has 1 atom stereocenters. The molecule has 0 aromatic rings. The molecule has 0 aromatic carbocycles. The van der Waals surface area contributed by atoms with Gasteiger partial charge in [-0.1, -0.05) is 34.4 Å². The number of hydrogen-bond donors (Lipinski definition) is 0. The van der Waals surface area contributed by atoms with Crippen molar-refractivity contribution >= 4 is 15.9 Å². The predicted octanol–water partition coefficient (Wildman–Crippen LogP) is 2.82. The number of alkyl halides is 1. The van der Waals surface area contributed by atoms with Gasteiger partial charge in [-0.3, -0.25) is 0 Å². The lowest BCUT2D eigenvalue weighted by Gasteiger charge is -1.94. The summed E-state index contributed by atoms with van der Waals surface area (Å²) in [5.41, 5.74) is 7.89. The van der Waals surface area contributed by atoms with E-state index >= 15 is 0 Å². The van der Waals surface area contributed by atoms with Crippen molar-refractivity contribution in [2.24, 2.45) is 5.11 Å². The summed E-state index contributed by atoms with van der Waals surface area (Å²) in [6.07, 6.45) is 1.94. The van der Waals surface area contributed by atoms with Gasteiger partial charge in [-0.25, -0.2) is 0 Å². The van der Waals surface area contributed by atoms with E-state index in [0.717, 1.165) is 12.8 Å². The highest BCUT2D eigenvalue weighted by molar-refractivity contribution is 9.09. The van der Waals surface area contributed by atoms with Crippen molar-refractivity contribution < 1.29 is 0 Å². The van der Waals surface area contributed by atoms with E-state index in [9.17, 15) is 0 Å². The molecule has 0 radical (unpaired) electrons. The highest BCUT2D eigenvalue weighted by Crippen LogP contribution is 2.08. The van der Waals surface area contributed by atoms with E-state index in [0.29, 0.717) is 0 Å². The first-order valence-electron chi connectivity index (χ1n) is 2.49. The van der Waals surface area contributed by atoms with Gasteiger partial charge >= 0.3 is 0 Å². The first-order valence-corrected chi connectivity index (χ1v) is 3.41. The Morgan fingerprint density at radius 2 is 2.50 bits per heavy atom. The summed E-state index contributed by atoms with van der Waals surface area (Å²) in [7, 11) is 0. The summed E-state index contributed by atoms with van der Waals surface area (Å²) < 4.78 is 0. The SMILES string of the molecule is CCC[C@H](Br)N=[N+]=[N-]. The molecule has 0 saturated heterocycles. The number of azide groups is 1. The second-order valence-electron chi connectivity index (χ2n) is 1.43. The topological polar surface area (TPSA) is 48.8 Å². The minimum atomic E-state index is -0.0162. The Morgan fingerprint density at radius 1 is 1.88 bits per heavy atom. The maximum absolute atomic E-state index is 7.89. The van der Waals surface area contributed by atoms with Crippen LogP contribution < -0.4 is 0 Å². The molecule has 4 heteroatoms. The molecule has 0 spiro atoms. The molecule has 0 fully saturated rings. The van der Waals surface area contributed by atoms with Gasteiger partial charge < -0.3 is 0 Å². The van der Waals surface area contributed by atoms with Crippen molar-refractivity contribution in [1.82, 2.24) is 0 Å². The Hall–Kier alpha value is -0.210. The zero-order valence-electron chi connectivity index (χ0n) is 4.71. The van der Waals surface area contributed by atoms with Crippen LogP contribution in [0.5, 0.6) is 0 Å². The standard InChI is InChI=1S/C4H8BrN3/c1-2-3-4(5)7-8-6/h4H,2-3H2,1H3/t4-/m1/s1. The van der Waals surface area contributed by atoms with Crippen LogP contribution in [0.3, 0.4) is 0 Å². The minimum absolute atomic E-state index is 0.0162. The van der Waals surface area contributed by atoms with Crippen molar-refractivity contribution in [2.75, 3.05) is 0 Å². The molecule has 0 saturated carbocycles. The zero-order chi connectivity index (χ0) is 6.41. The van der Waals surface area contributed by atoms with Gasteiger partial charge in [0.1, 0.15) is 0 Å². The second-order valence-corrected chi connectivity index (χ2v) is 2.49. The quantitative estimate of drug-likeness (QED) is 0.210. The van der Waals surface area contributed by atoms with E-state index in [1.54, 1.807) is 0 Å². The van der Waals surface area contributed by atoms with Crippen molar-refractivity contribution in [3.05, 3.63) is 10.4 Å². The molecule has 46 valence electrons. The number of halogens is 1. The van der Waals surface area contributed by atoms with Gasteiger partial charge in [0.25, 0.3) is 0 Å². The van der Waals surface area contributed by atoms with Gasteiger partial charge in [0.2, 0.25) is 0 Å². The Bertz CT molecular complexity index is 97.5. The predicted molar refractivity (Wildman–Crippen MR) is 36.8 cm³/mol. The molecule has 0 aliphatic rings. The summed E-state index contributed by atoms with van der Waals surface area (Å²) in [6.45, 7) is 2.04. The van der Waals surface area contributed by atoms with Crippen LogP contribution in [-0.4, -0.2) is 4.95 Å². The van der Waals surface area contributed by atoms with Crippen molar-refractivity contribution in [3.63, 3.8) is 0 Å². The van der Waals surface area contributed by atoms with Gasteiger partial charge in [0, 0.05) is 4.91 Å². The monoisotopic (exact) mass is 177 g/mol. The third-order valence-electron chi connectivity index (χ3n) is 0.704. The average molecular weight is 178 g/mol. The summed E-state index contributed by atoms with van der Waals surface area (Å²) in [5.74, 6) is 0. The molecule has 0 aliphatic heterocycles. The fourth-order valence-electron chi connectivity index (χ4n) is 0.352. The van der Waals surface area contributed by atoms with Gasteiger partial charge in [0.15, 0.2) is 0 Å². The normalized spacial score (nSPS) is 12.2. The van der Waals surface area contributed by atoms with Gasteiger partial charge in [-0.15, -0.1) is 0 Å². The number of hydrogen-bond acceptors (Lipinski definition) is 1. The van der Waals surface area contributed by atoms with E-state index in [4.69, 9.17) is 5.53 Å². The number of rotatable bonds is 3. The maximum Gasteiger partial charge on any atom is 0.0931 e. The number of nitrogens with zero attached hydrogens (tertiary/aromatic N) is 3. The Balaban J connectivity index is 3.31. The fraction of sp³-hybridized carbons (Fsp3) is 1.00. The molecule has 8 heavy (non-hydrogen) atoms. The van der Waals surface area contributed by atoms with Crippen LogP contribution >= 0.6 is 15.9 Å². The molecular weight excluding hydrogens is 170 g/mol. The lowest BCUT2D eigenvalue weighted by molar-refractivity contribution is 0.770. The van der Waals surface area contributed by atoms with Gasteiger partial charge in [0.05, 0.1) is 4.95 Å². The summed E-state index contributed by atoms with van der Waals surface area (Å²) >= 11 is 3.18. The van der Waals surface area contributed by atoms with E-state index in [1.165, 1.54) is 0 Å². The molecule has 0 amide bonds. The van der Waals surface area contributed by atoms with Crippen LogP contribution in [0.15, 0.2) is 5.11 Å². The molecule has 0 aromatic heterocycles. The van der Waals surface area contributed by atoms with Gasteiger partial charge in [-0.05, 0) is 12.0 Å². The molecular formula is C4H8BrN3. The molecule has 0 unspecified atom stereocenters. The third-order valence-corrected chi connectivity index (χ3v) is 1.34. The first kappa shape index (κ1) is 7.79. The highest BCUT2D eigenvalue weighted by Gasteiger charge is 1.94. The van der Waals surface area contributed by atoms with E-state index in [2.05, 4.69) is 26.0 Å². The molecule has 0 N–H and O–H groups in total. The lowest BCUT2D eigenvalue weighted by Crippen LogP contribution is -1.87. The van der Waals surface area contributed by atoms with Crippen LogP contribution in [0.1, 0.15) is 19.8 Å². The molecule has 0 bridgehead atoms. The minimum Gasteiger partial charge on any atom is -0.0829 e. The second kappa shape index (κ2) is 4.94. The van der Waals surface area contributed by atoms with E-state index < -0.39 is 0 Å². The molecule has 3 nitrogen and oxygen atoms in total. The Labute approximate surface area is 56.8 Å². The first-order chi connectivity index (χ1) is 3.81. The van der Waals surface area contributed by atoms with E-state index in [-0.39, 0.29) is 4.95 Å². The third kappa shape index (κ3) is 3.96. The van der Waals surface area contributed by atoms with Crippen molar-refractivity contribution in [1.29, 1.82) is 0 Å². The molecule has 0 aliphatic carbocycles. The lowest BCUT2D eigenvalue weighted by atomic mass is 10.3. The van der Waals surface area contributed by atoms with Crippen LogP contribution in [0.25, 0.3) is 10.4 Å². The van der Waals surface area contributed by atoms with Crippen molar-refractivity contribution in [2.45, 2.75) is 24.7 Å². The van der Waals surface area contributed by atoms with Gasteiger partial charge in [-0.2, -0.15) is 0 Å². The van der Waals surface area contributed by atoms with Crippen LogP contribution in [0.2, 0.25) is 0 Å². The maximum atomic E-state index is 7.89. The van der Waals surface area contributed by atoms with Crippen LogP contribution in [-0.2, 0) is 0 Å². The molecule has 0 heterocycles. The fourth-order valence-corrected chi connectivity index (χ4v) is 0.892. The smallest absolute Gasteiger partial charge is 0.0829 e. The Kier molecular flexibility index (Phi) is 4.81. The molecule has 0 rings (SSSR count). The van der Waals surface area contributed by atoms with Crippen LogP contribution in [0, 0.1) is 0 Å². The Morgan fingerprint density at radius 3 is 2.88 bits per heavy atom. The zero-order valence-corrected chi connectivity index (χ0v) is 6.30. The van der Waals surface area contributed by atoms with Crippen molar-refractivity contribution in [3.8, 4) is 0 Å². The van der Waals surface area contributed by atoms with E-state index in [1.807, 2.05) is 6.92 Å². The summed E-state index contributed by atoms with van der Waals surface area (Å²) in [6, 6.07) is 0. The van der Waals surface area contributed by atoms with Crippen LogP contribution in [0.4, 0.5) is 0 Å². The summed E-state index contributed by atoms with van der Waals surface area (Å²) in [4.78, 5) is 2.62. The average Bonchev–Trinajstić information content (AvgIpc) is 1.68. The summed E-state index contributed by atoms with van der Waals surface area (Å²) in [5, 5.41) is 3.41.